The Morgan fingerprint density at radius 2 is 2.33 bits per heavy atom. The molecule has 0 aromatic rings. The van der Waals surface area contributed by atoms with E-state index < -0.39 is 0 Å². The summed E-state index contributed by atoms with van der Waals surface area (Å²) in [5.74, 6) is 2.75. The van der Waals surface area contributed by atoms with Gasteiger partial charge in [-0.05, 0) is 12.7 Å². The van der Waals surface area contributed by atoms with Gasteiger partial charge in [-0.2, -0.15) is 0 Å². The SMILES string of the molecule is C#CC(CCCC)SC. The van der Waals surface area contributed by atoms with Crippen molar-refractivity contribution in [3.63, 3.8) is 0 Å². The van der Waals surface area contributed by atoms with Gasteiger partial charge in [0, 0.05) is 0 Å². The van der Waals surface area contributed by atoms with Crippen molar-refractivity contribution in [3.8, 4) is 12.3 Å². The van der Waals surface area contributed by atoms with E-state index in [0.29, 0.717) is 5.25 Å². The molecule has 0 spiro atoms. The molecule has 0 nitrogen and oxygen atoms in total. The molecule has 1 unspecified atom stereocenters. The van der Waals surface area contributed by atoms with Crippen molar-refractivity contribution < 1.29 is 0 Å². The number of thioether (sulfide) groups is 1. The molecule has 0 radical (unpaired) electrons. The molecule has 0 aliphatic heterocycles. The van der Waals surface area contributed by atoms with E-state index in [4.69, 9.17) is 6.42 Å². The normalized spacial score (nSPS) is 12.6. The van der Waals surface area contributed by atoms with Gasteiger partial charge in [-0.25, -0.2) is 0 Å². The average molecular weight is 142 g/mol. The third-order valence-corrected chi connectivity index (χ3v) is 2.23. The number of hydrogen-bond acceptors (Lipinski definition) is 1. The Hall–Kier alpha value is -0.0900. The lowest BCUT2D eigenvalue weighted by molar-refractivity contribution is 0.746. The quantitative estimate of drug-likeness (QED) is 0.544. The van der Waals surface area contributed by atoms with Crippen molar-refractivity contribution in [2.24, 2.45) is 0 Å². The van der Waals surface area contributed by atoms with Crippen LogP contribution in [0, 0.1) is 12.3 Å². The van der Waals surface area contributed by atoms with E-state index in [2.05, 4.69) is 19.1 Å². The summed E-state index contributed by atoms with van der Waals surface area (Å²) >= 11 is 1.77. The third kappa shape index (κ3) is 4.42. The van der Waals surface area contributed by atoms with Crippen LogP contribution in [0.1, 0.15) is 26.2 Å². The highest BCUT2D eigenvalue weighted by Gasteiger charge is 1.98. The van der Waals surface area contributed by atoms with Crippen LogP contribution in [0.25, 0.3) is 0 Å². The first-order valence-electron chi connectivity index (χ1n) is 3.34. The molecule has 9 heavy (non-hydrogen) atoms. The van der Waals surface area contributed by atoms with Gasteiger partial charge < -0.3 is 0 Å². The molecule has 0 fully saturated rings. The lowest BCUT2D eigenvalue weighted by atomic mass is 10.2. The van der Waals surface area contributed by atoms with Gasteiger partial charge in [0.2, 0.25) is 0 Å². The molecular formula is C8H14S. The van der Waals surface area contributed by atoms with Crippen LogP contribution in [0.5, 0.6) is 0 Å². The van der Waals surface area contributed by atoms with Crippen molar-refractivity contribution in [2.45, 2.75) is 31.4 Å². The maximum atomic E-state index is 5.25. The Morgan fingerprint density at radius 3 is 2.67 bits per heavy atom. The Kier molecular flexibility index (Phi) is 5.98. The highest BCUT2D eigenvalue weighted by Crippen LogP contribution is 2.12. The summed E-state index contributed by atoms with van der Waals surface area (Å²) in [4.78, 5) is 0. The molecule has 0 amide bonds. The summed E-state index contributed by atoms with van der Waals surface area (Å²) in [5.41, 5.74) is 0. The summed E-state index contributed by atoms with van der Waals surface area (Å²) in [5, 5.41) is 0.449. The van der Waals surface area contributed by atoms with Gasteiger partial charge in [0.05, 0.1) is 5.25 Å². The van der Waals surface area contributed by atoms with Crippen LogP contribution in [0.4, 0.5) is 0 Å². The zero-order valence-electron chi connectivity index (χ0n) is 6.18. The molecule has 0 aliphatic carbocycles. The van der Waals surface area contributed by atoms with Crippen molar-refractivity contribution in [1.82, 2.24) is 0 Å². The minimum Gasteiger partial charge on any atom is -0.149 e. The first kappa shape index (κ1) is 8.91. The lowest BCUT2D eigenvalue weighted by Crippen LogP contribution is -1.96. The first-order valence-corrected chi connectivity index (χ1v) is 4.62. The van der Waals surface area contributed by atoms with E-state index in [0.717, 1.165) is 0 Å². The smallest absolute Gasteiger partial charge is 0.0651 e. The molecule has 0 aromatic carbocycles. The minimum absolute atomic E-state index is 0.449. The number of unbranched alkanes of at least 4 members (excludes halogenated alkanes) is 1. The largest absolute Gasteiger partial charge is 0.149 e. The van der Waals surface area contributed by atoms with Crippen LogP contribution in [0.2, 0.25) is 0 Å². The van der Waals surface area contributed by atoms with Gasteiger partial charge >= 0.3 is 0 Å². The first-order chi connectivity index (χ1) is 4.35. The fourth-order valence-corrected chi connectivity index (χ4v) is 1.20. The Labute approximate surface area is 62.4 Å². The van der Waals surface area contributed by atoms with Crippen molar-refractivity contribution in [2.75, 3.05) is 6.26 Å². The lowest BCUT2D eigenvalue weighted by Gasteiger charge is -2.03. The molecule has 1 atom stereocenters. The van der Waals surface area contributed by atoms with Crippen LogP contribution >= 0.6 is 11.8 Å². The van der Waals surface area contributed by atoms with E-state index in [-0.39, 0.29) is 0 Å². The van der Waals surface area contributed by atoms with Gasteiger partial charge in [-0.1, -0.05) is 25.7 Å². The van der Waals surface area contributed by atoms with E-state index in [9.17, 15) is 0 Å². The van der Waals surface area contributed by atoms with E-state index in [1.807, 2.05) is 0 Å². The predicted octanol–water partition coefficient (Wildman–Crippen LogP) is 2.54. The third-order valence-electron chi connectivity index (χ3n) is 1.29. The van der Waals surface area contributed by atoms with E-state index >= 15 is 0 Å². The number of terminal acetylenes is 1. The molecule has 0 N–H and O–H groups in total. The fraction of sp³-hybridized carbons (Fsp3) is 0.750. The molecule has 0 rings (SSSR count). The molecule has 0 aliphatic rings. The molecule has 52 valence electrons. The maximum absolute atomic E-state index is 5.25. The van der Waals surface area contributed by atoms with Gasteiger partial charge in [0.1, 0.15) is 0 Å². The number of hydrogen-bond donors (Lipinski definition) is 0. The van der Waals surface area contributed by atoms with E-state index in [1.165, 1.54) is 19.3 Å². The van der Waals surface area contributed by atoms with E-state index in [1.54, 1.807) is 11.8 Å². The predicted molar refractivity (Wildman–Crippen MR) is 45.7 cm³/mol. The van der Waals surface area contributed by atoms with Crippen LogP contribution in [0.3, 0.4) is 0 Å². The van der Waals surface area contributed by atoms with Gasteiger partial charge in [-0.3, -0.25) is 0 Å². The summed E-state index contributed by atoms with van der Waals surface area (Å²) in [6.45, 7) is 2.19. The van der Waals surface area contributed by atoms with Crippen LogP contribution in [-0.4, -0.2) is 11.5 Å². The summed E-state index contributed by atoms with van der Waals surface area (Å²) < 4.78 is 0. The second-order valence-corrected chi connectivity index (χ2v) is 3.07. The van der Waals surface area contributed by atoms with Crippen LogP contribution in [-0.2, 0) is 0 Å². The molecule has 1 heteroatoms. The Morgan fingerprint density at radius 1 is 1.67 bits per heavy atom. The van der Waals surface area contributed by atoms with Crippen LogP contribution in [0.15, 0.2) is 0 Å². The summed E-state index contributed by atoms with van der Waals surface area (Å²) in [7, 11) is 0. The fourth-order valence-electron chi connectivity index (χ4n) is 0.659. The van der Waals surface area contributed by atoms with Crippen molar-refractivity contribution >= 4 is 11.8 Å². The molecule has 0 saturated heterocycles. The van der Waals surface area contributed by atoms with Crippen LogP contribution < -0.4 is 0 Å². The summed E-state index contributed by atoms with van der Waals surface area (Å²) in [6, 6.07) is 0. The van der Waals surface area contributed by atoms with Crippen molar-refractivity contribution in [3.05, 3.63) is 0 Å². The van der Waals surface area contributed by atoms with Gasteiger partial charge in [0.15, 0.2) is 0 Å². The van der Waals surface area contributed by atoms with Gasteiger partial charge in [-0.15, -0.1) is 18.2 Å². The second kappa shape index (κ2) is 6.04. The zero-order chi connectivity index (χ0) is 7.11. The second-order valence-electron chi connectivity index (χ2n) is 2.03. The molecule has 0 heterocycles. The summed E-state index contributed by atoms with van der Waals surface area (Å²) in [6.07, 6.45) is 11.0. The van der Waals surface area contributed by atoms with Crippen molar-refractivity contribution in [1.29, 1.82) is 0 Å². The minimum atomic E-state index is 0.449. The Balaban J connectivity index is 3.23. The average Bonchev–Trinajstić information content (AvgIpc) is 1.91. The standard InChI is InChI=1S/C8H14S/c1-4-6-7-8(5-2)9-3/h2,8H,4,6-7H2,1,3H3. The molecule has 0 aromatic heterocycles. The highest BCUT2D eigenvalue weighted by molar-refractivity contribution is 7.99. The topological polar surface area (TPSA) is 0 Å². The molecule has 0 bridgehead atoms. The maximum Gasteiger partial charge on any atom is 0.0651 e. The Bertz CT molecular complexity index is 91.2. The van der Waals surface area contributed by atoms with Gasteiger partial charge in [0.25, 0.3) is 0 Å². The highest BCUT2D eigenvalue weighted by atomic mass is 32.2. The number of rotatable bonds is 4. The molecular weight excluding hydrogens is 128 g/mol. The monoisotopic (exact) mass is 142 g/mol. The zero-order valence-corrected chi connectivity index (χ0v) is 7.00. The molecule has 0 saturated carbocycles.